The van der Waals surface area contributed by atoms with E-state index in [1.54, 1.807) is 12.1 Å². The first-order valence-corrected chi connectivity index (χ1v) is 6.97. The van der Waals surface area contributed by atoms with Crippen LogP contribution in [0.15, 0.2) is 24.3 Å². The Morgan fingerprint density at radius 2 is 2.10 bits per heavy atom. The molecule has 6 heteroatoms. The van der Waals surface area contributed by atoms with Gasteiger partial charge in [0, 0.05) is 18.9 Å². The Bertz CT molecular complexity index is 497. The van der Waals surface area contributed by atoms with Crippen LogP contribution in [0.5, 0.6) is 0 Å². The second-order valence-corrected chi connectivity index (χ2v) is 4.87. The number of carboxylic acid groups (broad SMARTS) is 1. The van der Waals surface area contributed by atoms with Gasteiger partial charge in [-0.15, -0.1) is 0 Å². The zero-order valence-electron chi connectivity index (χ0n) is 11.7. The molecule has 21 heavy (non-hydrogen) atoms. The van der Waals surface area contributed by atoms with Gasteiger partial charge in [-0.2, -0.15) is 0 Å². The molecule has 1 aromatic rings. The lowest BCUT2D eigenvalue weighted by atomic mass is 10.1. The Hall–Kier alpha value is -1.92. The number of carbonyl (C=O) groups excluding carboxylic acids is 1. The van der Waals surface area contributed by atoms with Crippen molar-refractivity contribution in [3.05, 3.63) is 29.8 Å². The molecule has 1 aromatic carbocycles. The smallest absolute Gasteiger partial charge is 0.335 e. The molecule has 2 rings (SSSR count). The lowest BCUT2D eigenvalue weighted by Gasteiger charge is -2.22. The van der Waals surface area contributed by atoms with Crippen LogP contribution in [0.1, 0.15) is 29.6 Å². The van der Waals surface area contributed by atoms with Crippen LogP contribution < -0.4 is 5.32 Å². The van der Waals surface area contributed by atoms with E-state index in [9.17, 15) is 9.59 Å². The zero-order chi connectivity index (χ0) is 15.1. The molecule has 114 valence electrons. The summed E-state index contributed by atoms with van der Waals surface area (Å²) in [6.07, 6.45) is 2.14. The van der Waals surface area contributed by atoms with E-state index in [-0.39, 0.29) is 24.0 Å². The Kier molecular flexibility index (Phi) is 5.71. The molecule has 0 aliphatic carbocycles. The van der Waals surface area contributed by atoms with Crippen LogP contribution in [-0.2, 0) is 14.3 Å². The van der Waals surface area contributed by atoms with Crippen LogP contribution >= 0.6 is 0 Å². The minimum atomic E-state index is -1.02. The molecule has 1 saturated heterocycles. The number of benzene rings is 1. The maximum atomic E-state index is 11.8. The minimum Gasteiger partial charge on any atom is -0.478 e. The molecule has 6 nitrogen and oxygen atoms in total. The summed E-state index contributed by atoms with van der Waals surface area (Å²) in [7, 11) is 0. The number of nitrogens with one attached hydrogen (secondary N) is 1. The van der Waals surface area contributed by atoms with Crippen LogP contribution in [-0.4, -0.2) is 42.9 Å². The number of aromatic carboxylic acids is 1. The van der Waals surface area contributed by atoms with Crippen molar-refractivity contribution < 1.29 is 24.2 Å². The van der Waals surface area contributed by atoms with Crippen molar-refractivity contribution in [2.45, 2.75) is 25.4 Å². The van der Waals surface area contributed by atoms with Gasteiger partial charge in [0.2, 0.25) is 5.91 Å². The van der Waals surface area contributed by atoms with Crippen molar-refractivity contribution in [3.8, 4) is 0 Å². The third kappa shape index (κ3) is 5.17. The molecular formula is C15H19NO5. The van der Waals surface area contributed by atoms with Crippen LogP contribution in [0.4, 0.5) is 5.69 Å². The number of hydrogen-bond donors (Lipinski definition) is 2. The summed E-state index contributed by atoms with van der Waals surface area (Å²) >= 11 is 0. The van der Waals surface area contributed by atoms with Crippen molar-refractivity contribution in [2.75, 3.05) is 25.1 Å². The van der Waals surface area contributed by atoms with Gasteiger partial charge in [0.05, 0.1) is 24.7 Å². The Morgan fingerprint density at radius 1 is 1.33 bits per heavy atom. The van der Waals surface area contributed by atoms with E-state index in [2.05, 4.69) is 5.32 Å². The molecule has 0 saturated carbocycles. The van der Waals surface area contributed by atoms with Crippen molar-refractivity contribution in [1.29, 1.82) is 0 Å². The highest BCUT2D eigenvalue weighted by atomic mass is 16.5. The summed E-state index contributed by atoms with van der Waals surface area (Å²) in [5.41, 5.74) is 0.622. The molecule has 1 heterocycles. The topological polar surface area (TPSA) is 84.9 Å². The molecular weight excluding hydrogens is 274 g/mol. The van der Waals surface area contributed by atoms with Crippen molar-refractivity contribution in [3.63, 3.8) is 0 Å². The SMILES string of the molecule is O=C(CCOC1CCOCC1)Nc1cccc(C(=O)O)c1. The van der Waals surface area contributed by atoms with E-state index < -0.39 is 5.97 Å². The molecule has 0 bridgehead atoms. The normalized spacial score (nSPS) is 15.6. The fraction of sp³-hybridized carbons (Fsp3) is 0.467. The second-order valence-electron chi connectivity index (χ2n) is 4.87. The van der Waals surface area contributed by atoms with Crippen LogP contribution in [0.25, 0.3) is 0 Å². The molecule has 0 radical (unpaired) electrons. The highest BCUT2D eigenvalue weighted by Crippen LogP contribution is 2.12. The van der Waals surface area contributed by atoms with Crippen LogP contribution in [0.2, 0.25) is 0 Å². The summed E-state index contributed by atoms with van der Waals surface area (Å²) in [6, 6.07) is 6.16. The lowest BCUT2D eigenvalue weighted by Crippen LogP contribution is -2.25. The van der Waals surface area contributed by atoms with Gasteiger partial charge in [0.25, 0.3) is 0 Å². The highest BCUT2D eigenvalue weighted by Gasteiger charge is 2.14. The maximum absolute atomic E-state index is 11.8. The Labute approximate surface area is 123 Å². The quantitative estimate of drug-likeness (QED) is 0.837. The van der Waals surface area contributed by atoms with E-state index in [0.717, 1.165) is 12.8 Å². The average Bonchev–Trinajstić information content (AvgIpc) is 2.48. The highest BCUT2D eigenvalue weighted by molar-refractivity contribution is 5.93. The van der Waals surface area contributed by atoms with Crippen molar-refractivity contribution in [2.24, 2.45) is 0 Å². The van der Waals surface area contributed by atoms with Gasteiger partial charge in [-0.1, -0.05) is 6.07 Å². The van der Waals surface area contributed by atoms with E-state index in [1.807, 2.05) is 0 Å². The van der Waals surface area contributed by atoms with E-state index in [0.29, 0.717) is 25.5 Å². The summed E-state index contributed by atoms with van der Waals surface area (Å²) < 4.78 is 10.8. The predicted octanol–water partition coefficient (Wildman–Crippen LogP) is 1.91. The van der Waals surface area contributed by atoms with Crippen LogP contribution in [0, 0.1) is 0 Å². The summed E-state index contributed by atoms with van der Waals surface area (Å²) in [6.45, 7) is 1.77. The van der Waals surface area contributed by atoms with E-state index in [1.165, 1.54) is 12.1 Å². The molecule has 0 atom stereocenters. The third-order valence-corrected chi connectivity index (χ3v) is 3.24. The maximum Gasteiger partial charge on any atom is 0.335 e. The summed E-state index contributed by atoms with van der Waals surface area (Å²) in [4.78, 5) is 22.6. The number of amides is 1. The van der Waals surface area contributed by atoms with Gasteiger partial charge >= 0.3 is 5.97 Å². The monoisotopic (exact) mass is 293 g/mol. The third-order valence-electron chi connectivity index (χ3n) is 3.24. The molecule has 1 aliphatic rings. The van der Waals surface area contributed by atoms with Crippen molar-refractivity contribution >= 4 is 17.6 Å². The number of ether oxygens (including phenoxy) is 2. The van der Waals surface area contributed by atoms with Gasteiger partial charge in [0.15, 0.2) is 0 Å². The van der Waals surface area contributed by atoms with Gasteiger partial charge in [0.1, 0.15) is 0 Å². The standard InChI is InChI=1S/C15H19NO5/c17-14(6-9-21-13-4-7-20-8-5-13)16-12-3-1-2-11(10-12)15(18)19/h1-3,10,13H,4-9H2,(H,16,17)(H,18,19). The van der Waals surface area contributed by atoms with Gasteiger partial charge in [-0.25, -0.2) is 4.79 Å². The zero-order valence-corrected chi connectivity index (χ0v) is 11.7. The first-order chi connectivity index (χ1) is 10.1. The minimum absolute atomic E-state index is 0.145. The predicted molar refractivity (Wildman–Crippen MR) is 76.4 cm³/mol. The Balaban J connectivity index is 1.73. The van der Waals surface area contributed by atoms with E-state index >= 15 is 0 Å². The largest absolute Gasteiger partial charge is 0.478 e. The summed E-state index contributed by atoms with van der Waals surface area (Å²) in [5, 5.41) is 11.6. The van der Waals surface area contributed by atoms with Crippen molar-refractivity contribution in [1.82, 2.24) is 0 Å². The van der Waals surface area contributed by atoms with E-state index in [4.69, 9.17) is 14.6 Å². The number of anilines is 1. The number of carboxylic acids is 1. The molecule has 1 fully saturated rings. The lowest BCUT2D eigenvalue weighted by molar-refractivity contribution is -0.118. The van der Waals surface area contributed by atoms with Gasteiger partial charge < -0.3 is 19.9 Å². The number of carbonyl (C=O) groups is 2. The fourth-order valence-corrected chi connectivity index (χ4v) is 2.11. The molecule has 2 N–H and O–H groups in total. The van der Waals surface area contributed by atoms with Gasteiger partial charge in [-0.05, 0) is 31.0 Å². The second kappa shape index (κ2) is 7.75. The molecule has 0 aromatic heterocycles. The first-order valence-electron chi connectivity index (χ1n) is 6.97. The number of rotatable bonds is 6. The average molecular weight is 293 g/mol. The summed E-state index contributed by atoms with van der Waals surface area (Å²) in [5.74, 6) is -1.21. The van der Waals surface area contributed by atoms with Crippen LogP contribution in [0.3, 0.4) is 0 Å². The molecule has 1 aliphatic heterocycles. The number of hydrogen-bond acceptors (Lipinski definition) is 4. The fourth-order valence-electron chi connectivity index (χ4n) is 2.11. The van der Waals surface area contributed by atoms with Gasteiger partial charge in [-0.3, -0.25) is 4.79 Å². The molecule has 1 amide bonds. The molecule has 0 unspecified atom stereocenters. The molecule has 0 spiro atoms. The Morgan fingerprint density at radius 3 is 2.81 bits per heavy atom. The first kappa shape index (κ1) is 15.5.